The summed E-state index contributed by atoms with van der Waals surface area (Å²) in [6.45, 7) is 0. The zero-order chi connectivity index (χ0) is 10.0. The first kappa shape index (κ1) is 9.29. The predicted molar refractivity (Wildman–Crippen MR) is 47.2 cm³/mol. The summed E-state index contributed by atoms with van der Waals surface area (Å²) in [5.74, 6) is 0. The number of nitriles is 1. The van der Waals surface area contributed by atoms with Crippen LogP contribution in [0.4, 0.5) is 11.4 Å². The molecular weight excluding hydrogens is 196 g/mol. The van der Waals surface area contributed by atoms with Gasteiger partial charge in [-0.3, -0.25) is 10.1 Å². The Kier molecular flexibility index (Phi) is 2.35. The molecule has 0 atom stereocenters. The Morgan fingerprint density at radius 3 is 2.69 bits per heavy atom. The highest BCUT2D eigenvalue weighted by Gasteiger charge is 2.16. The SMILES string of the molecule is N#Cc1cc([15NH2])c(Cl)c([15N+](=O)[O-])c1. The van der Waals surface area contributed by atoms with E-state index in [4.69, 9.17) is 22.6 Å². The Labute approximate surface area is 78.5 Å². The minimum atomic E-state index is -0.681. The molecule has 0 fully saturated rings. The largest absolute Gasteiger partial charge is 0.397 e. The second-order valence-electron chi connectivity index (χ2n) is 2.27. The Hall–Kier alpha value is -1.80. The number of nitrogens with zero attached hydrogens (tertiary/aromatic N) is 2. The Morgan fingerprint density at radius 2 is 2.23 bits per heavy atom. The van der Waals surface area contributed by atoms with Crippen LogP contribution >= 0.6 is 11.6 Å². The van der Waals surface area contributed by atoms with Crippen molar-refractivity contribution in [3.05, 3.63) is 32.8 Å². The van der Waals surface area contributed by atoms with E-state index >= 15 is 0 Å². The van der Waals surface area contributed by atoms with Crippen LogP contribution in [-0.2, 0) is 0 Å². The number of nitrogens with two attached hydrogens (primary N) is 1. The quantitative estimate of drug-likeness (QED) is 0.322. The van der Waals surface area contributed by atoms with Crippen LogP contribution in [0.25, 0.3) is 0 Å². The summed E-state index contributed by atoms with van der Waals surface area (Å²) in [6, 6.07) is 4.12. The van der Waals surface area contributed by atoms with Crippen molar-refractivity contribution in [2.24, 2.45) is 0 Å². The lowest BCUT2D eigenvalue weighted by Crippen LogP contribution is -1.95. The fourth-order valence-electron chi connectivity index (χ4n) is 0.828. The van der Waals surface area contributed by atoms with Gasteiger partial charge in [0, 0.05) is 6.07 Å². The number of hydrogen-bond acceptors (Lipinski definition) is 4. The van der Waals surface area contributed by atoms with Crippen LogP contribution in [0, 0.1) is 21.4 Å². The highest BCUT2D eigenvalue weighted by Crippen LogP contribution is 2.30. The first-order valence-corrected chi connectivity index (χ1v) is 3.57. The molecule has 6 heteroatoms. The smallest absolute Gasteiger partial charge is 0.291 e. The number of benzene rings is 1. The molecule has 0 aliphatic rings. The van der Waals surface area contributed by atoms with Crippen molar-refractivity contribution in [2.45, 2.75) is 0 Å². The summed E-state index contributed by atoms with van der Waals surface area (Å²) >= 11 is 5.54. The number of hydrogen-bond donors (Lipinski definition) is 1. The Balaban J connectivity index is 3.44. The summed E-state index contributed by atoms with van der Waals surface area (Å²) in [4.78, 5) is 9.72. The Morgan fingerprint density at radius 1 is 1.62 bits per heavy atom. The van der Waals surface area contributed by atoms with E-state index in [0.29, 0.717) is 0 Å². The predicted octanol–water partition coefficient (Wildman–Crippen LogP) is 1.70. The van der Waals surface area contributed by atoms with E-state index in [1.807, 2.05) is 0 Å². The number of anilines is 1. The zero-order valence-electron chi connectivity index (χ0n) is 6.32. The second-order valence-corrected chi connectivity index (χ2v) is 2.65. The topological polar surface area (TPSA) is 93.0 Å². The number of nitro benzene ring substituents is 1. The normalized spacial score (nSPS) is 9.23. The van der Waals surface area contributed by atoms with Gasteiger partial charge in [0.05, 0.1) is 22.2 Å². The van der Waals surface area contributed by atoms with Gasteiger partial charge >= 0.3 is 0 Å². The van der Waals surface area contributed by atoms with E-state index in [9.17, 15) is 10.1 Å². The van der Waals surface area contributed by atoms with Gasteiger partial charge in [-0.05, 0) is 6.07 Å². The van der Waals surface area contributed by atoms with Crippen molar-refractivity contribution >= 4 is 23.0 Å². The zero-order valence-corrected chi connectivity index (χ0v) is 7.08. The lowest BCUT2D eigenvalue weighted by atomic mass is 10.2. The molecule has 0 saturated heterocycles. The summed E-state index contributed by atoms with van der Waals surface area (Å²) in [7, 11) is 0. The monoisotopic (exact) mass is 199 g/mol. The number of nitrogen functional groups attached to an aromatic ring is 1. The van der Waals surface area contributed by atoms with Gasteiger partial charge in [0.25, 0.3) is 5.69 Å². The fraction of sp³-hybridized carbons (Fsp3) is 0. The molecule has 1 aromatic carbocycles. The van der Waals surface area contributed by atoms with Crippen molar-refractivity contribution in [3.63, 3.8) is 0 Å². The van der Waals surface area contributed by atoms with Crippen LogP contribution in [-0.4, -0.2) is 4.92 Å². The van der Waals surface area contributed by atoms with Crippen LogP contribution < -0.4 is 5.73 Å². The number of rotatable bonds is 1. The van der Waals surface area contributed by atoms with Gasteiger partial charge in [0.1, 0.15) is 5.02 Å². The van der Waals surface area contributed by atoms with Gasteiger partial charge in [0.2, 0.25) is 0 Å². The minimum absolute atomic E-state index is 0.0346. The third kappa shape index (κ3) is 1.68. The van der Waals surface area contributed by atoms with Crippen LogP contribution in [0.1, 0.15) is 5.56 Å². The van der Waals surface area contributed by atoms with Crippen molar-refractivity contribution in [1.82, 2.24) is 0 Å². The van der Waals surface area contributed by atoms with E-state index < -0.39 is 4.92 Å². The molecule has 2 N–H and O–H groups in total. The minimum Gasteiger partial charge on any atom is -0.397 e. The molecule has 1 aromatic rings. The Bertz CT molecular complexity index is 411. The molecule has 0 radical (unpaired) electrons. The molecule has 66 valence electrons. The second kappa shape index (κ2) is 3.29. The first-order chi connectivity index (χ1) is 6.06. The molecule has 1 rings (SSSR count). The van der Waals surface area contributed by atoms with Crippen molar-refractivity contribution in [3.8, 4) is 6.07 Å². The van der Waals surface area contributed by atoms with Crippen molar-refractivity contribution in [2.75, 3.05) is 5.73 Å². The molecule has 0 spiro atoms. The maximum Gasteiger partial charge on any atom is 0.291 e. The van der Waals surface area contributed by atoms with Crippen LogP contribution in [0.2, 0.25) is 5.02 Å². The van der Waals surface area contributed by atoms with Crippen molar-refractivity contribution < 1.29 is 4.92 Å². The molecule has 0 aliphatic carbocycles. The van der Waals surface area contributed by atoms with Crippen molar-refractivity contribution in [1.29, 1.82) is 5.26 Å². The van der Waals surface area contributed by atoms with Crippen LogP contribution in [0.3, 0.4) is 0 Å². The highest BCUT2D eigenvalue weighted by molar-refractivity contribution is 6.35. The summed E-state index contributed by atoms with van der Waals surface area (Å²) < 4.78 is 0. The van der Waals surface area contributed by atoms with Gasteiger partial charge in [0.15, 0.2) is 0 Å². The third-order valence-electron chi connectivity index (χ3n) is 1.41. The van der Waals surface area contributed by atoms with Gasteiger partial charge in [-0.15, -0.1) is 0 Å². The lowest BCUT2D eigenvalue weighted by Gasteiger charge is -1.99. The molecule has 13 heavy (non-hydrogen) atoms. The molecule has 0 unspecified atom stereocenters. The number of halogens is 1. The molecule has 0 amide bonds. The van der Waals surface area contributed by atoms with E-state index in [1.165, 1.54) is 6.07 Å². The third-order valence-corrected chi connectivity index (χ3v) is 1.82. The van der Waals surface area contributed by atoms with Gasteiger partial charge in [-0.2, -0.15) is 5.26 Å². The molecule has 0 saturated carbocycles. The summed E-state index contributed by atoms with van der Waals surface area (Å²) in [5.41, 5.74) is 5.15. The van der Waals surface area contributed by atoms with E-state index in [1.54, 1.807) is 6.07 Å². The highest BCUT2D eigenvalue weighted by atomic mass is 35.5. The maximum atomic E-state index is 10.4. The molecule has 0 bridgehead atoms. The molecule has 0 heterocycles. The van der Waals surface area contributed by atoms with Crippen LogP contribution in [0.5, 0.6) is 0 Å². The average Bonchev–Trinajstić information content (AvgIpc) is 2.09. The lowest BCUT2D eigenvalue weighted by molar-refractivity contribution is -0.384. The molecule has 5 nitrogen and oxygen atoms in total. The van der Waals surface area contributed by atoms with E-state index in [0.717, 1.165) is 6.07 Å². The first-order valence-electron chi connectivity index (χ1n) is 3.19. The van der Waals surface area contributed by atoms with Gasteiger partial charge < -0.3 is 5.73 Å². The van der Waals surface area contributed by atoms with E-state index in [2.05, 4.69) is 0 Å². The summed E-state index contributed by atoms with van der Waals surface area (Å²) in [5, 5.41) is 18.8. The standard InChI is InChI=1S/C7H4ClN3O2/c8-7-5(10)1-4(3-9)2-6(7)11(12)13/h1-2H,10H2/i10+1,11+1. The van der Waals surface area contributed by atoms with Crippen LogP contribution in [0.15, 0.2) is 12.1 Å². The molecule has 0 aromatic heterocycles. The molecular formula is C7H4ClN3O2. The number of nitro groups is 1. The van der Waals surface area contributed by atoms with Gasteiger partial charge in [-0.1, -0.05) is 11.6 Å². The average molecular weight is 200 g/mol. The van der Waals surface area contributed by atoms with E-state index in [-0.39, 0.29) is 22.0 Å². The fourth-order valence-corrected chi connectivity index (χ4v) is 1.01. The summed E-state index contributed by atoms with van der Waals surface area (Å²) in [6.07, 6.45) is 0. The molecule has 0 aliphatic heterocycles. The maximum absolute atomic E-state index is 10.4. The van der Waals surface area contributed by atoms with Gasteiger partial charge in [-0.25, -0.2) is 0 Å².